The maximum atomic E-state index is 14.1. The average Bonchev–Trinajstić information content (AvgIpc) is 3.29. The number of aromatic nitrogens is 1. The maximum Gasteiger partial charge on any atom is 0.355 e. The summed E-state index contributed by atoms with van der Waals surface area (Å²) in [6, 6.07) is 11.1. The van der Waals surface area contributed by atoms with Gasteiger partial charge < -0.3 is 24.8 Å². The van der Waals surface area contributed by atoms with Crippen LogP contribution >= 0.6 is 0 Å². The first-order chi connectivity index (χ1) is 17.1. The number of ether oxygens (including phenoxy) is 1. The zero-order valence-corrected chi connectivity index (χ0v) is 21.1. The van der Waals surface area contributed by atoms with E-state index in [1.54, 1.807) is 29.0 Å². The third-order valence-electron chi connectivity index (χ3n) is 5.34. The molecule has 192 valence electrons. The summed E-state index contributed by atoms with van der Waals surface area (Å²) in [4.78, 5) is 27.3. The van der Waals surface area contributed by atoms with Gasteiger partial charge in [-0.25, -0.2) is 18.4 Å². The van der Waals surface area contributed by atoms with Crippen LogP contribution in [0.2, 0.25) is 0 Å². The summed E-state index contributed by atoms with van der Waals surface area (Å²) in [5.41, 5.74) is 2.06. The number of urea groups is 1. The van der Waals surface area contributed by atoms with E-state index < -0.39 is 23.6 Å². The van der Waals surface area contributed by atoms with Crippen LogP contribution in [0.3, 0.4) is 0 Å². The Morgan fingerprint density at radius 1 is 0.944 bits per heavy atom. The Morgan fingerprint density at radius 2 is 1.61 bits per heavy atom. The van der Waals surface area contributed by atoms with Gasteiger partial charge in [0.15, 0.2) is 0 Å². The minimum absolute atomic E-state index is 0.147. The molecule has 0 atom stereocenters. The number of carbonyl (C=O) groups excluding carboxylic acids is 2. The molecule has 2 aromatic carbocycles. The Hall–Kier alpha value is -3.88. The zero-order chi connectivity index (χ0) is 26.4. The molecule has 0 fully saturated rings. The minimum atomic E-state index is -0.879. The number of amides is 2. The first-order valence-corrected chi connectivity index (χ1v) is 11.8. The van der Waals surface area contributed by atoms with Gasteiger partial charge in [0.2, 0.25) is 0 Å². The molecule has 36 heavy (non-hydrogen) atoms. The van der Waals surface area contributed by atoms with Crippen molar-refractivity contribution in [3.05, 3.63) is 72.1 Å². The number of hydrogen-bond acceptors (Lipinski definition) is 4. The van der Waals surface area contributed by atoms with Crippen LogP contribution in [0.25, 0.3) is 5.69 Å². The van der Waals surface area contributed by atoms with Gasteiger partial charge in [-0.15, -0.1) is 0 Å². The van der Waals surface area contributed by atoms with E-state index in [0.717, 1.165) is 30.9 Å². The van der Waals surface area contributed by atoms with Crippen LogP contribution in [0.5, 0.6) is 0 Å². The molecule has 2 amide bonds. The number of anilines is 3. The zero-order valence-electron chi connectivity index (χ0n) is 21.1. The Labute approximate surface area is 210 Å². The molecule has 0 saturated heterocycles. The topological polar surface area (TPSA) is 75.6 Å². The van der Waals surface area contributed by atoms with Crippen molar-refractivity contribution in [3.8, 4) is 5.69 Å². The molecular formula is C27H32F2N4O3. The molecule has 0 radical (unpaired) electrons. The number of hydrogen-bond donors (Lipinski definition) is 2. The van der Waals surface area contributed by atoms with Crippen LogP contribution < -0.4 is 15.5 Å². The number of carbonyl (C=O) groups is 2. The van der Waals surface area contributed by atoms with Crippen molar-refractivity contribution in [3.63, 3.8) is 0 Å². The van der Waals surface area contributed by atoms with E-state index in [9.17, 15) is 18.4 Å². The van der Waals surface area contributed by atoms with E-state index in [2.05, 4.69) is 43.2 Å². The minimum Gasteiger partial charge on any atom is -0.464 e. The standard InChI is InChI=1S/C27H32F2N4O3/c1-17(2)15-32(16-18(3)4)24-11-9-20(33-12-6-7-25(33)26(34)36-5)14-23(24)31-27(35)30-22-10-8-19(28)13-21(22)29/h6-14,17-18H,15-16H2,1-5H3,(H2,30,31,35). The Morgan fingerprint density at radius 3 is 2.22 bits per heavy atom. The molecule has 1 aromatic heterocycles. The molecule has 0 aliphatic carbocycles. The van der Waals surface area contributed by atoms with Gasteiger partial charge in [-0.05, 0) is 54.3 Å². The molecule has 1 heterocycles. The molecule has 0 saturated carbocycles. The second kappa shape index (κ2) is 11.7. The van der Waals surface area contributed by atoms with E-state index in [0.29, 0.717) is 35.0 Å². The van der Waals surface area contributed by atoms with Gasteiger partial charge in [0.25, 0.3) is 0 Å². The lowest BCUT2D eigenvalue weighted by Crippen LogP contribution is -2.32. The van der Waals surface area contributed by atoms with Gasteiger partial charge in [-0.2, -0.15) is 0 Å². The van der Waals surface area contributed by atoms with E-state index in [1.807, 2.05) is 12.1 Å². The van der Waals surface area contributed by atoms with Gasteiger partial charge in [0.05, 0.1) is 24.2 Å². The smallest absolute Gasteiger partial charge is 0.355 e. The fourth-order valence-corrected chi connectivity index (χ4v) is 3.95. The highest BCUT2D eigenvalue weighted by Gasteiger charge is 2.19. The van der Waals surface area contributed by atoms with Crippen molar-refractivity contribution in [2.45, 2.75) is 27.7 Å². The third-order valence-corrected chi connectivity index (χ3v) is 5.34. The highest BCUT2D eigenvalue weighted by atomic mass is 19.1. The van der Waals surface area contributed by atoms with Crippen molar-refractivity contribution in [2.24, 2.45) is 11.8 Å². The molecule has 3 aromatic rings. The fourth-order valence-electron chi connectivity index (χ4n) is 3.95. The number of esters is 1. The van der Waals surface area contributed by atoms with Crippen LogP contribution in [-0.2, 0) is 4.74 Å². The summed E-state index contributed by atoms with van der Waals surface area (Å²) in [6.07, 6.45) is 1.72. The van der Waals surface area contributed by atoms with E-state index in [1.165, 1.54) is 7.11 Å². The predicted octanol–water partition coefficient (Wildman–Crippen LogP) is 6.30. The molecule has 0 aliphatic heterocycles. The number of methoxy groups -OCH3 is 1. The van der Waals surface area contributed by atoms with Crippen LogP contribution in [0, 0.1) is 23.5 Å². The van der Waals surface area contributed by atoms with Crippen molar-refractivity contribution in [1.82, 2.24) is 4.57 Å². The van der Waals surface area contributed by atoms with Gasteiger partial charge in [-0.1, -0.05) is 27.7 Å². The normalized spacial score (nSPS) is 11.0. The molecule has 0 spiro atoms. The molecule has 0 bridgehead atoms. The van der Waals surface area contributed by atoms with E-state index in [4.69, 9.17) is 4.74 Å². The monoisotopic (exact) mass is 498 g/mol. The lowest BCUT2D eigenvalue weighted by Gasteiger charge is -2.31. The van der Waals surface area contributed by atoms with Crippen LogP contribution in [0.4, 0.5) is 30.6 Å². The molecular weight excluding hydrogens is 466 g/mol. The molecule has 2 N–H and O–H groups in total. The summed E-state index contributed by atoms with van der Waals surface area (Å²) in [6.45, 7) is 9.94. The van der Waals surface area contributed by atoms with Crippen LogP contribution in [0.1, 0.15) is 38.2 Å². The van der Waals surface area contributed by atoms with Crippen LogP contribution in [-0.4, -0.2) is 36.8 Å². The van der Waals surface area contributed by atoms with Gasteiger partial charge in [0, 0.05) is 31.0 Å². The van der Waals surface area contributed by atoms with E-state index >= 15 is 0 Å². The fraction of sp³-hybridized carbons (Fsp3) is 0.333. The quantitative estimate of drug-likeness (QED) is 0.339. The Kier molecular flexibility index (Phi) is 8.68. The van der Waals surface area contributed by atoms with Crippen molar-refractivity contribution >= 4 is 29.1 Å². The predicted molar refractivity (Wildman–Crippen MR) is 138 cm³/mol. The molecule has 0 aliphatic rings. The molecule has 0 unspecified atom stereocenters. The van der Waals surface area contributed by atoms with Crippen molar-refractivity contribution < 1.29 is 23.1 Å². The summed E-state index contributed by atoms with van der Waals surface area (Å²) in [5, 5.41) is 5.25. The summed E-state index contributed by atoms with van der Waals surface area (Å²) < 4.78 is 33.9. The van der Waals surface area contributed by atoms with E-state index in [-0.39, 0.29) is 5.69 Å². The van der Waals surface area contributed by atoms with Crippen molar-refractivity contribution in [1.29, 1.82) is 0 Å². The van der Waals surface area contributed by atoms with Gasteiger partial charge in [-0.3, -0.25) is 0 Å². The largest absolute Gasteiger partial charge is 0.464 e. The van der Waals surface area contributed by atoms with Crippen molar-refractivity contribution in [2.75, 3.05) is 35.7 Å². The van der Waals surface area contributed by atoms with Gasteiger partial charge >= 0.3 is 12.0 Å². The second-order valence-electron chi connectivity index (χ2n) is 9.35. The number of benzene rings is 2. The van der Waals surface area contributed by atoms with Crippen LogP contribution in [0.15, 0.2) is 54.7 Å². The number of rotatable bonds is 9. The first kappa shape index (κ1) is 26.7. The lowest BCUT2D eigenvalue weighted by molar-refractivity contribution is 0.0591. The maximum absolute atomic E-state index is 14.1. The SMILES string of the molecule is COC(=O)c1cccn1-c1ccc(N(CC(C)C)CC(C)C)c(NC(=O)Nc2ccc(F)cc2F)c1. The summed E-state index contributed by atoms with van der Waals surface area (Å²) >= 11 is 0. The number of halogens is 2. The number of nitrogens with zero attached hydrogens (tertiary/aromatic N) is 2. The second-order valence-corrected chi connectivity index (χ2v) is 9.35. The van der Waals surface area contributed by atoms with Gasteiger partial charge in [0.1, 0.15) is 17.3 Å². The third kappa shape index (κ3) is 6.62. The summed E-state index contributed by atoms with van der Waals surface area (Å²) in [7, 11) is 1.31. The highest BCUT2D eigenvalue weighted by molar-refractivity contribution is 6.02. The molecule has 7 nitrogen and oxygen atoms in total. The Balaban J connectivity index is 2.02. The molecule has 9 heteroatoms. The average molecular weight is 499 g/mol. The molecule has 3 rings (SSSR count). The number of nitrogens with one attached hydrogen (secondary N) is 2. The summed E-state index contributed by atoms with van der Waals surface area (Å²) in [5.74, 6) is -1.40. The first-order valence-electron chi connectivity index (χ1n) is 11.8. The Bertz CT molecular complexity index is 1210. The highest BCUT2D eigenvalue weighted by Crippen LogP contribution is 2.31. The lowest BCUT2D eigenvalue weighted by atomic mass is 10.1.